The minimum absolute atomic E-state index is 0.176. The molecule has 0 radical (unpaired) electrons. The van der Waals surface area contributed by atoms with Gasteiger partial charge in [0, 0.05) is 62.5 Å². The number of hydrogen-bond acceptors (Lipinski definition) is 9. The summed E-state index contributed by atoms with van der Waals surface area (Å²) in [4.78, 5) is 40.1. The van der Waals surface area contributed by atoms with Crippen molar-refractivity contribution < 1.29 is 14.3 Å². The van der Waals surface area contributed by atoms with E-state index in [1.807, 2.05) is 27.7 Å². The number of anilines is 1. The summed E-state index contributed by atoms with van der Waals surface area (Å²) in [5.74, 6) is 0.838. The number of nitriles is 1. The van der Waals surface area contributed by atoms with Gasteiger partial charge in [0.2, 0.25) is 5.95 Å². The minimum atomic E-state index is -0.312. The summed E-state index contributed by atoms with van der Waals surface area (Å²) in [5.41, 5.74) is 0.669. The van der Waals surface area contributed by atoms with Crippen LogP contribution >= 0.6 is 23.2 Å². The lowest BCUT2D eigenvalue weighted by molar-refractivity contribution is -0.128. The van der Waals surface area contributed by atoms with E-state index >= 15 is 0 Å². The molecule has 1 aliphatic rings. The zero-order valence-corrected chi connectivity index (χ0v) is 28.1. The van der Waals surface area contributed by atoms with Crippen molar-refractivity contribution >= 4 is 46.1 Å². The molecule has 13 heteroatoms. The topological polar surface area (TPSA) is 126 Å². The Hall–Kier alpha value is -3.85. The summed E-state index contributed by atoms with van der Waals surface area (Å²) in [5, 5.41) is 13.7. The van der Waals surface area contributed by atoms with Crippen molar-refractivity contribution in [2.45, 2.75) is 40.7 Å². The molecular weight excluding hydrogens is 617 g/mol. The van der Waals surface area contributed by atoms with E-state index in [9.17, 15) is 14.9 Å². The number of piperazine rings is 1. The number of carbonyl (C=O) groups excluding carboxylic acids is 1. The molecule has 0 unspecified atom stereocenters. The van der Waals surface area contributed by atoms with Crippen LogP contribution in [0.5, 0.6) is 11.5 Å². The van der Waals surface area contributed by atoms with Gasteiger partial charge in [-0.3, -0.25) is 19.1 Å². The third-order valence-corrected chi connectivity index (χ3v) is 8.20. The molecule has 1 N–H and O–H groups in total. The van der Waals surface area contributed by atoms with Gasteiger partial charge in [-0.25, -0.2) is 4.98 Å². The highest BCUT2D eigenvalue weighted by molar-refractivity contribution is 6.41. The van der Waals surface area contributed by atoms with Crippen molar-refractivity contribution in [1.82, 2.24) is 24.3 Å². The van der Waals surface area contributed by atoms with E-state index in [0.29, 0.717) is 86.3 Å². The zero-order valence-electron chi connectivity index (χ0n) is 26.5. The fraction of sp³-hybridized carbons (Fsp3) is 0.469. The van der Waals surface area contributed by atoms with Gasteiger partial charge in [-0.05, 0) is 31.4 Å². The number of nitrogens with zero attached hydrogens (tertiary/aromatic N) is 6. The number of aromatic nitrogens is 3. The number of ether oxygens (including phenoxy) is 2. The Morgan fingerprint density at radius 2 is 1.73 bits per heavy atom. The molecular formula is C32H39Cl2N7O4. The zero-order chi connectivity index (χ0) is 32.9. The fourth-order valence-electron chi connectivity index (χ4n) is 5.28. The first-order valence-corrected chi connectivity index (χ1v) is 15.6. The van der Waals surface area contributed by atoms with E-state index in [4.69, 9.17) is 32.7 Å². The highest BCUT2D eigenvalue weighted by atomic mass is 35.5. The average molecular weight is 657 g/mol. The van der Waals surface area contributed by atoms with Gasteiger partial charge in [0.15, 0.2) is 0 Å². The van der Waals surface area contributed by atoms with Crippen molar-refractivity contribution in [3.8, 4) is 28.7 Å². The molecule has 3 aromatic rings. The number of methoxy groups -OCH3 is 2. The number of hydrogen-bond donors (Lipinski definition) is 1. The molecule has 240 valence electrons. The predicted molar refractivity (Wildman–Crippen MR) is 177 cm³/mol. The third-order valence-electron chi connectivity index (χ3n) is 7.45. The molecule has 1 aliphatic heterocycles. The van der Waals surface area contributed by atoms with E-state index in [1.165, 1.54) is 14.2 Å². The summed E-state index contributed by atoms with van der Waals surface area (Å²) < 4.78 is 12.5. The van der Waals surface area contributed by atoms with Crippen LogP contribution in [0.25, 0.3) is 22.2 Å². The number of fused-ring (bicyclic) bond motifs is 1. The van der Waals surface area contributed by atoms with Crippen molar-refractivity contribution in [2.24, 2.45) is 5.41 Å². The number of amides is 1. The van der Waals surface area contributed by atoms with Gasteiger partial charge in [0.1, 0.15) is 28.8 Å². The summed E-state index contributed by atoms with van der Waals surface area (Å²) >= 11 is 13.4. The van der Waals surface area contributed by atoms with E-state index in [1.54, 1.807) is 33.9 Å². The Morgan fingerprint density at radius 3 is 2.29 bits per heavy atom. The molecule has 0 atom stereocenters. The number of nitrogens with one attached hydrogen (secondary N) is 1. The van der Waals surface area contributed by atoms with Crippen LogP contribution in [0, 0.1) is 16.7 Å². The normalized spacial score (nSPS) is 14.4. The summed E-state index contributed by atoms with van der Waals surface area (Å²) in [6, 6.07) is 5.33. The van der Waals surface area contributed by atoms with Crippen molar-refractivity contribution in [1.29, 1.82) is 5.26 Å². The minimum Gasteiger partial charge on any atom is -0.495 e. The van der Waals surface area contributed by atoms with Crippen LogP contribution < -0.4 is 20.3 Å². The van der Waals surface area contributed by atoms with Crippen LogP contribution in [0.2, 0.25) is 10.0 Å². The van der Waals surface area contributed by atoms with Crippen LogP contribution in [-0.4, -0.2) is 83.7 Å². The number of allylic oxidation sites excluding steroid dienone is 1. The third kappa shape index (κ3) is 7.69. The maximum atomic E-state index is 14.1. The van der Waals surface area contributed by atoms with Gasteiger partial charge >= 0.3 is 0 Å². The number of pyridine rings is 1. The molecule has 0 bridgehead atoms. The monoisotopic (exact) mass is 655 g/mol. The van der Waals surface area contributed by atoms with E-state index in [-0.39, 0.29) is 38.1 Å². The summed E-state index contributed by atoms with van der Waals surface area (Å²) in [6.45, 7) is 11.9. The first-order valence-electron chi connectivity index (χ1n) is 14.8. The lowest BCUT2D eigenvalue weighted by Gasteiger charge is -2.34. The summed E-state index contributed by atoms with van der Waals surface area (Å²) in [7, 11) is 2.96. The van der Waals surface area contributed by atoms with Crippen molar-refractivity contribution in [2.75, 3.05) is 58.8 Å². The second-order valence-electron chi connectivity index (χ2n) is 11.8. The molecule has 0 aliphatic carbocycles. The molecule has 3 heterocycles. The molecule has 0 spiro atoms. The number of rotatable bonds is 10. The molecule has 2 aromatic heterocycles. The van der Waals surface area contributed by atoms with Gasteiger partial charge < -0.3 is 19.7 Å². The number of halogens is 2. The standard InChI is InChI=1S/C32H39Cl2N7O4/c1-7-36-31-37-19-20-15-22(25-26(33)23(44-5)16-24(45-6)27(25)34)30(43)41(28(20)38-31)10-8-9-39-11-13-40(14-12-39)29(42)21(18-35)17-32(2,3)4/h15-17,19H,7-14H2,1-6H3,(H,36,37,38)/b21-17-. The molecule has 1 aromatic carbocycles. The molecule has 1 fully saturated rings. The fourth-order valence-corrected chi connectivity index (χ4v) is 5.99. The highest BCUT2D eigenvalue weighted by Gasteiger charge is 2.26. The average Bonchev–Trinajstić information content (AvgIpc) is 3.01. The largest absolute Gasteiger partial charge is 0.495 e. The first kappa shape index (κ1) is 34.0. The lowest BCUT2D eigenvalue weighted by atomic mass is 9.93. The Labute approximate surface area is 273 Å². The molecule has 4 rings (SSSR count). The second kappa shape index (κ2) is 14.5. The number of aryl methyl sites for hydroxylation is 1. The van der Waals surface area contributed by atoms with Crippen molar-refractivity contribution in [3.63, 3.8) is 0 Å². The molecule has 0 saturated carbocycles. The molecule has 1 saturated heterocycles. The van der Waals surface area contributed by atoms with E-state index in [0.717, 1.165) is 0 Å². The second-order valence-corrected chi connectivity index (χ2v) is 12.6. The van der Waals surface area contributed by atoms with Gasteiger partial charge in [0.25, 0.3) is 11.5 Å². The van der Waals surface area contributed by atoms with Crippen LogP contribution in [0.4, 0.5) is 5.95 Å². The lowest BCUT2D eigenvalue weighted by Crippen LogP contribution is -2.49. The number of carbonyl (C=O) groups is 1. The predicted octanol–water partition coefficient (Wildman–Crippen LogP) is 5.24. The Balaban J connectivity index is 1.60. The quantitative estimate of drug-likeness (QED) is 0.230. The summed E-state index contributed by atoms with van der Waals surface area (Å²) in [6.07, 6.45) is 4.03. The molecule has 1 amide bonds. The van der Waals surface area contributed by atoms with Gasteiger partial charge in [-0.1, -0.05) is 50.0 Å². The van der Waals surface area contributed by atoms with Gasteiger partial charge in [-0.15, -0.1) is 0 Å². The Kier molecular flexibility index (Phi) is 11.0. The van der Waals surface area contributed by atoms with Gasteiger partial charge in [0.05, 0.1) is 29.8 Å². The van der Waals surface area contributed by atoms with Crippen LogP contribution in [0.1, 0.15) is 34.1 Å². The highest BCUT2D eigenvalue weighted by Crippen LogP contribution is 2.45. The van der Waals surface area contributed by atoms with Crippen molar-refractivity contribution in [3.05, 3.63) is 50.4 Å². The molecule has 45 heavy (non-hydrogen) atoms. The van der Waals surface area contributed by atoms with Crippen LogP contribution in [0.15, 0.2) is 34.8 Å². The SMILES string of the molecule is CCNc1ncc2cc(-c3c(Cl)c(OC)cc(OC)c3Cl)c(=O)n(CCCN3CCN(C(=O)/C(C#N)=C\C(C)(C)C)CC3)c2n1. The Bertz CT molecular complexity index is 1670. The van der Waals surface area contributed by atoms with E-state index < -0.39 is 0 Å². The van der Waals surface area contributed by atoms with E-state index in [2.05, 4.69) is 26.3 Å². The maximum Gasteiger partial charge on any atom is 0.264 e. The van der Waals surface area contributed by atoms with Crippen LogP contribution in [-0.2, 0) is 11.3 Å². The Morgan fingerprint density at radius 1 is 1.09 bits per heavy atom. The molecule has 11 nitrogen and oxygen atoms in total. The smallest absolute Gasteiger partial charge is 0.264 e. The first-order chi connectivity index (χ1) is 21.4. The maximum absolute atomic E-state index is 14.1. The van der Waals surface area contributed by atoms with Gasteiger partial charge in [-0.2, -0.15) is 10.2 Å². The number of benzene rings is 1. The van der Waals surface area contributed by atoms with Crippen LogP contribution in [0.3, 0.4) is 0 Å².